The van der Waals surface area contributed by atoms with Gasteiger partial charge in [0.25, 0.3) is 5.91 Å². The highest BCUT2D eigenvalue weighted by Gasteiger charge is 2.20. The second kappa shape index (κ2) is 9.46. The van der Waals surface area contributed by atoms with Crippen molar-refractivity contribution in [2.24, 2.45) is 18.7 Å². The number of carbonyl (C=O) groups is 2. The van der Waals surface area contributed by atoms with Gasteiger partial charge in [0.2, 0.25) is 5.91 Å². The van der Waals surface area contributed by atoms with Crippen LogP contribution in [0.4, 0.5) is 0 Å². The van der Waals surface area contributed by atoms with E-state index in [0.29, 0.717) is 23.8 Å². The number of carbonyl (C=O) groups excluding carboxylic acids is 2. The van der Waals surface area contributed by atoms with Crippen molar-refractivity contribution in [3.63, 3.8) is 0 Å². The van der Waals surface area contributed by atoms with Gasteiger partial charge in [0.1, 0.15) is 23.7 Å². The molecule has 3 aromatic heterocycles. The van der Waals surface area contributed by atoms with Gasteiger partial charge in [0.15, 0.2) is 11.5 Å². The SMILES string of the molecule is Cc1cc(COc2ccc(-c3ccc(C(=O)N[C@@H](C)C(C)CC(N)=O)o3)nc2)nn1C. The van der Waals surface area contributed by atoms with Gasteiger partial charge in [0, 0.05) is 25.2 Å². The molecule has 3 aromatic rings. The van der Waals surface area contributed by atoms with Crippen LogP contribution >= 0.6 is 0 Å². The second-order valence-electron chi connectivity index (χ2n) is 7.64. The van der Waals surface area contributed by atoms with E-state index in [4.69, 9.17) is 14.9 Å². The molecule has 3 rings (SSSR count). The van der Waals surface area contributed by atoms with Crippen molar-refractivity contribution in [3.8, 4) is 17.2 Å². The molecule has 0 fully saturated rings. The molecule has 3 heterocycles. The van der Waals surface area contributed by atoms with Gasteiger partial charge in [-0.1, -0.05) is 6.92 Å². The van der Waals surface area contributed by atoms with E-state index in [1.54, 1.807) is 35.1 Å². The number of amides is 2. The van der Waals surface area contributed by atoms with Gasteiger partial charge in [-0.3, -0.25) is 14.3 Å². The van der Waals surface area contributed by atoms with Crippen molar-refractivity contribution in [1.29, 1.82) is 0 Å². The van der Waals surface area contributed by atoms with E-state index in [1.165, 1.54) is 0 Å². The van der Waals surface area contributed by atoms with E-state index in [-0.39, 0.29) is 30.0 Å². The quantitative estimate of drug-likeness (QED) is 0.543. The maximum atomic E-state index is 12.4. The molecule has 0 aliphatic rings. The Kier molecular flexibility index (Phi) is 6.74. The van der Waals surface area contributed by atoms with Crippen LogP contribution in [0.1, 0.15) is 42.2 Å². The van der Waals surface area contributed by atoms with Gasteiger partial charge < -0.3 is 20.2 Å². The van der Waals surface area contributed by atoms with Crippen LogP contribution in [0.25, 0.3) is 11.5 Å². The fourth-order valence-electron chi connectivity index (χ4n) is 2.99. The summed E-state index contributed by atoms with van der Waals surface area (Å²) in [6, 6.07) is 8.56. The number of hydrogen-bond donors (Lipinski definition) is 2. The monoisotopic (exact) mass is 425 g/mol. The molecule has 0 bridgehead atoms. The Labute approximate surface area is 180 Å². The average Bonchev–Trinajstić information content (AvgIpc) is 3.33. The summed E-state index contributed by atoms with van der Waals surface area (Å²) in [5.41, 5.74) is 7.69. The lowest BCUT2D eigenvalue weighted by Crippen LogP contribution is -2.38. The first-order valence-corrected chi connectivity index (χ1v) is 10.0. The fourth-order valence-corrected chi connectivity index (χ4v) is 2.99. The van der Waals surface area contributed by atoms with Crippen LogP contribution < -0.4 is 15.8 Å². The molecular formula is C22H27N5O4. The Morgan fingerprint density at radius 2 is 2.03 bits per heavy atom. The molecule has 0 aromatic carbocycles. The summed E-state index contributed by atoms with van der Waals surface area (Å²) in [5, 5.41) is 7.17. The number of furan rings is 1. The number of primary amides is 1. The summed E-state index contributed by atoms with van der Waals surface area (Å²) in [7, 11) is 1.88. The average molecular weight is 425 g/mol. The van der Waals surface area contributed by atoms with Gasteiger partial charge >= 0.3 is 0 Å². The third kappa shape index (κ3) is 5.71. The summed E-state index contributed by atoms with van der Waals surface area (Å²) in [5.74, 6) is 0.396. The topological polar surface area (TPSA) is 125 Å². The zero-order valence-electron chi connectivity index (χ0n) is 18.1. The Balaban J connectivity index is 1.58. The Bertz CT molecular complexity index is 1030. The van der Waals surface area contributed by atoms with Crippen molar-refractivity contribution in [2.45, 2.75) is 39.8 Å². The molecule has 0 spiro atoms. The fraction of sp³-hybridized carbons (Fsp3) is 0.364. The molecule has 3 N–H and O–H groups in total. The lowest BCUT2D eigenvalue weighted by Gasteiger charge is -2.19. The first-order chi connectivity index (χ1) is 14.7. The number of rotatable bonds is 9. The van der Waals surface area contributed by atoms with Crippen LogP contribution in [0.15, 0.2) is 40.9 Å². The highest BCUT2D eigenvalue weighted by atomic mass is 16.5. The summed E-state index contributed by atoms with van der Waals surface area (Å²) < 4.78 is 13.2. The number of nitrogens with zero attached hydrogens (tertiary/aromatic N) is 3. The normalized spacial score (nSPS) is 12.9. The summed E-state index contributed by atoms with van der Waals surface area (Å²) >= 11 is 0. The van der Waals surface area contributed by atoms with E-state index in [2.05, 4.69) is 15.4 Å². The number of aromatic nitrogens is 3. The molecule has 0 aliphatic heterocycles. The van der Waals surface area contributed by atoms with Crippen molar-refractivity contribution in [2.75, 3.05) is 0 Å². The molecule has 31 heavy (non-hydrogen) atoms. The summed E-state index contributed by atoms with van der Waals surface area (Å²) in [6.45, 7) is 6.00. The summed E-state index contributed by atoms with van der Waals surface area (Å²) in [6.07, 6.45) is 1.80. The lowest BCUT2D eigenvalue weighted by molar-refractivity contribution is -0.119. The minimum absolute atomic E-state index is 0.0832. The first kappa shape index (κ1) is 22.1. The second-order valence-corrected chi connectivity index (χ2v) is 7.64. The predicted octanol–water partition coefficient (Wildman–Crippen LogP) is 2.59. The number of aryl methyl sites for hydroxylation is 2. The zero-order valence-corrected chi connectivity index (χ0v) is 18.1. The Hall–Kier alpha value is -3.62. The maximum Gasteiger partial charge on any atom is 0.287 e. The molecule has 9 heteroatoms. The minimum atomic E-state index is -0.400. The van der Waals surface area contributed by atoms with Crippen LogP contribution in [0.2, 0.25) is 0 Å². The van der Waals surface area contributed by atoms with E-state index in [0.717, 1.165) is 11.4 Å². The van der Waals surface area contributed by atoms with Crippen LogP contribution in [-0.2, 0) is 18.4 Å². The standard InChI is InChI=1S/C22H27N5O4/c1-13(9-21(23)28)15(3)25-22(29)20-8-7-19(31-20)18-6-5-17(11-24-18)30-12-16-10-14(2)27(4)26-16/h5-8,10-11,13,15H,9,12H2,1-4H3,(H2,23,28)(H,25,29)/t13?,15-/m0/s1. The Morgan fingerprint density at radius 3 is 2.65 bits per heavy atom. The third-order valence-corrected chi connectivity index (χ3v) is 5.11. The van der Waals surface area contributed by atoms with Gasteiger partial charge in [0.05, 0.1) is 6.20 Å². The molecule has 1 unspecified atom stereocenters. The van der Waals surface area contributed by atoms with Gasteiger partial charge in [-0.05, 0) is 50.1 Å². The lowest BCUT2D eigenvalue weighted by atomic mass is 9.99. The highest BCUT2D eigenvalue weighted by molar-refractivity contribution is 5.92. The first-order valence-electron chi connectivity index (χ1n) is 10.0. The molecule has 2 amide bonds. The van der Waals surface area contributed by atoms with Crippen LogP contribution in [0.3, 0.4) is 0 Å². The van der Waals surface area contributed by atoms with Crippen LogP contribution in [0, 0.1) is 12.8 Å². The molecule has 0 saturated heterocycles. The number of nitrogens with one attached hydrogen (secondary N) is 1. The van der Waals surface area contributed by atoms with Crippen molar-refractivity contribution < 1.29 is 18.7 Å². The number of pyridine rings is 1. The minimum Gasteiger partial charge on any atom is -0.486 e. The van der Waals surface area contributed by atoms with Crippen LogP contribution in [0.5, 0.6) is 5.75 Å². The van der Waals surface area contributed by atoms with Crippen molar-refractivity contribution >= 4 is 11.8 Å². The van der Waals surface area contributed by atoms with E-state index >= 15 is 0 Å². The zero-order chi connectivity index (χ0) is 22.5. The van der Waals surface area contributed by atoms with Crippen molar-refractivity contribution in [3.05, 3.63) is 53.7 Å². The van der Waals surface area contributed by atoms with Gasteiger partial charge in [-0.2, -0.15) is 5.10 Å². The third-order valence-electron chi connectivity index (χ3n) is 5.11. The molecule has 0 saturated carbocycles. The number of hydrogen-bond acceptors (Lipinski definition) is 6. The van der Waals surface area contributed by atoms with E-state index in [9.17, 15) is 9.59 Å². The maximum absolute atomic E-state index is 12.4. The number of ether oxygens (including phenoxy) is 1. The number of nitrogens with two attached hydrogens (primary N) is 1. The highest BCUT2D eigenvalue weighted by Crippen LogP contribution is 2.23. The van der Waals surface area contributed by atoms with Gasteiger partial charge in [-0.15, -0.1) is 0 Å². The molecule has 9 nitrogen and oxygen atoms in total. The largest absolute Gasteiger partial charge is 0.486 e. The Morgan fingerprint density at radius 1 is 1.26 bits per heavy atom. The molecule has 0 aliphatic carbocycles. The van der Waals surface area contributed by atoms with E-state index in [1.807, 2.05) is 33.9 Å². The smallest absolute Gasteiger partial charge is 0.287 e. The van der Waals surface area contributed by atoms with Crippen molar-refractivity contribution in [1.82, 2.24) is 20.1 Å². The molecule has 164 valence electrons. The molecule has 2 atom stereocenters. The predicted molar refractivity (Wildman–Crippen MR) is 114 cm³/mol. The van der Waals surface area contributed by atoms with Crippen LogP contribution in [-0.4, -0.2) is 32.6 Å². The van der Waals surface area contributed by atoms with Gasteiger partial charge in [-0.25, -0.2) is 4.98 Å². The van der Waals surface area contributed by atoms with E-state index < -0.39 is 5.91 Å². The molecular weight excluding hydrogens is 398 g/mol. The summed E-state index contributed by atoms with van der Waals surface area (Å²) in [4.78, 5) is 27.8. The molecule has 0 radical (unpaired) electrons.